The van der Waals surface area contributed by atoms with Crippen LogP contribution in [0.3, 0.4) is 0 Å². The molecule has 2 heterocycles. The van der Waals surface area contributed by atoms with Crippen LogP contribution in [-0.4, -0.2) is 33.4 Å². The van der Waals surface area contributed by atoms with E-state index in [1.165, 1.54) is 10.8 Å². The Morgan fingerprint density at radius 3 is 2.61 bits per heavy atom. The number of halogens is 3. The van der Waals surface area contributed by atoms with E-state index in [1.54, 1.807) is 7.11 Å². The quantitative estimate of drug-likeness (QED) is 0.937. The summed E-state index contributed by atoms with van der Waals surface area (Å²) < 4.78 is 46.0. The Bertz CT molecular complexity index is 690. The lowest BCUT2D eigenvalue weighted by Crippen LogP contribution is -2.37. The Balaban J connectivity index is 1.84. The van der Waals surface area contributed by atoms with Crippen LogP contribution in [0.25, 0.3) is 5.65 Å². The minimum Gasteiger partial charge on any atom is -0.379 e. The van der Waals surface area contributed by atoms with Crippen molar-refractivity contribution in [3.05, 3.63) is 24.0 Å². The SMILES string of the molecule is COC1(C)CCC(Nc2cc(C(F)(F)F)cc3ncnn23)CC1. The highest BCUT2D eigenvalue weighted by Crippen LogP contribution is 2.34. The van der Waals surface area contributed by atoms with Gasteiger partial charge in [-0.05, 0) is 44.7 Å². The van der Waals surface area contributed by atoms with Crippen LogP contribution in [0.15, 0.2) is 18.5 Å². The van der Waals surface area contributed by atoms with Gasteiger partial charge in [-0.15, -0.1) is 0 Å². The molecule has 0 bridgehead atoms. The average Bonchev–Trinajstić information content (AvgIpc) is 2.97. The predicted molar refractivity (Wildman–Crippen MR) is 79.3 cm³/mol. The van der Waals surface area contributed by atoms with E-state index in [2.05, 4.69) is 22.3 Å². The Morgan fingerprint density at radius 2 is 2.00 bits per heavy atom. The minimum absolute atomic E-state index is 0.0918. The topological polar surface area (TPSA) is 51.5 Å². The van der Waals surface area contributed by atoms with Gasteiger partial charge in [-0.3, -0.25) is 0 Å². The second kappa shape index (κ2) is 5.67. The lowest BCUT2D eigenvalue weighted by molar-refractivity contribution is -0.137. The molecule has 0 aliphatic heterocycles. The predicted octanol–water partition coefficient (Wildman–Crippen LogP) is 3.51. The molecule has 1 fully saturated rings. The van der Waals surface area contributed by atoms with Crippen molar-refractivity contribution in [1.29, 1.82) is 0 Å². The van der Waals surface area contributed by atoms with Gasteiger partial charge >= 0.3 is 6.18 Å². The molecule has 126 valence electrons. The first-order chi connectivity index (χ1) is 10.8. The van der Waals surface area contributed by atoms with E-state index in [0.717, 1.165) is 37.8 Å². The number of anilines is 1. The first-order valence-electron chi connectivity index (χ1n) is 7.53. The lowest BCUT2D eigenvalue weighted by atomic mass is 9.83. The summed E-state index contributed by atoms with van der Waals surface area (Å²) in [6, 6.07) is 2.18. The lowest BCUT2D eigenvalue weighted by Gasteiger charge is -2.36. The molecule has 1 N–H and O–H groups in total. The smallest absolute Gasteiger partial charge is 0.379 e. The highest BCUT2D eigenvalue weighted by atomic mass is 19.4. The summed E-state index contributed by atoms with van der Waals surface area (Å²) >= 11 is 0. The fraction of sp³-hybridized carbons (Fsp3) is 0.600. The maximum atomic E-state index is 13.0. The van der Waals surface area contributed by atoms with Gasteiger partial charge in [-0.2, -0.15) is 22.8 Å². The highest BCUT2D eigenvalue weighted by molar-refractivity contribution is 5.52. The zero-order chi connectivity index (χ0) is 16.7. The van der Waals surface area contributed by atoms with Gasteiger partial charge in [0.2, 0.25) is 0 Å². The monoisotopic (exact) mass is 328 g/mol. The number of pyridine rings is 1. The molecule has 0 aromatic carbocycles. The van der Waals surface area contributed by atoms with Gasteiger partial charge in [0.25, 0.3) is 0 Å². The second-order valence-corrected chi connectivity index (χ2v) is 6.23. The number of hydrogen-bond donors (Lipinski definition) is 1. The van der Waals surface area contributed by atoms with Crippen molar-refractivity contribution in [2.24, 2.45) is 0 Å². The van der Waals surface area contributed by atoms with E-state index in [0.29, 0.717) is 5.82 Å². The number of fused-ring (bicyclic) bond motifs is 1. The third-order valence-electron chi connectivity index (χ3n) is 4.59. The third kappa shape index (κ3) is 3.26. The number of ether oxygens (including phenoxy) is 1. The van der Waals surface area contributed by atoms with E-state index in [-0.39, 0.29) is 17.3 Å². The molecule has 2 aromatic rings. The molecule has 8 heteroatoms. The maximum Gasteiger partial charge on any atom is 0.416 e. The van der Waals surface area contributed by atoms with Gasteiger partial charge in [0.15, 0.2) is 5.65 Å². The van der Waals surface area contributed by atoms with Crippen LogP contribution in [-0.2, 0) is 10.9 Å². The number of aromatic nitrogens is 3. The van der Waals surface area contributed by atoms with Crippen molar-refractivity contribution in [2.45, 2.75) is 50.4 Å². The van der Waals surface area contributed by atoms with E-state index in [4.69, 9.17) is 4.74 Å². The number of alkyl halides is 3. The van der Waals surface area contributed by atoms with Crippen molar-refractivity contribution in [3.8, 4) is 0 Å². The zero-order valence-electron chi connectivity index (χ0n) is 13.0. The molecular formula is C15H19F3N4O. The summed E-state index contributed by atoms with van der Waals surface area (Å²) in [6.07, 6.45) is 0.226. The summed E-state index contributed by atoms with van der Waals surface area (Å²) in [5.41, 5.74) is -0.688. The van der Waals surface area contributed by atoms with Crippen molar-refractivity contribution in [3.63, 3.8) is 0 Å². The molecule has 0 amide bonds. The molecule has 1 saturated carbocycles. The minimum atomic E-state index is -4.41. The van der Waals surface area contributed by atoms with Gasteiger partial charge in [0, 0.05) is 13.2 Å². The fourth-order valence-corrected chi connectivity index (χ4v) is 2.98. The molecule has 0 spiro atoms. The number of rotatable bonds is 3. The van der Waals surface area contributed by atoms with Gasteiger partial charge in [0.05, 0.1) is 11.2 Å². The van der Waals surface area contributed by atoms with Crippen molar-refractivity contribution < 1.29 is 17.9 Å². The largest absolute Gasteiger partial charge is 0.416 e. The fourth-order valence-electron chi connectivity index (χ4n) is 2.98. The Morgan fingerprint density at radius 1 is 1.30 bits per heavy atom. The summed E-state index contributed by atoms with van der Waals surface area (Å²) in [5, 5.41) is 7.19. The second-order valence-electron chi connectivity index (χ2n) is 6.23. The van der Waals surface area contributed by atoms with E-state index < -0.39 is 11.7 Å². The van der Waals surface area contributed by atoms with Gasteiger partial charge < -0.3 is 10.1 Å². The number of nitrogens with zero attached hydrogens (tertiary/aromatic N) is 3. The number of hydrogen-bond acceptors (Lipinski definition) is 4. The third-order valence-corrected chi connectivity index (χ3v) is 4.59. The average molecular weight is 328 g/mol. The molecule has 2 aromatic heterocycles. The molecule has 5 nitrogen and oxygen atoms in total. The van der Waals surface area contributed by atoms with Crippen LogP contribution in [0, 0.1) is 0 Å². The molecule has 0 atom stereocenters. The molecule has 23 heavy (non-hydrogen) atoms. The first kappa shape index (κ1) is 16.0. The van der Waals surface area contributed by atoms with E-state index in [1.807, 2.05) is 0 Å². The highest BCUT2D eigenvalue weighted by Gasteiger charge is 2.33. The van der Waals surface area contributed by atoms with Gasteiger partial charge in [-0.25, -0.2) is 4.98 Å². The normalized spacial score (nSPS) is 25.7. The molecule has 1 aliphatic carbocycles. The van der Waals surface area contributed by atoms with Crippen molar-refractivity contribution >= 4 is 11.5 Å². The van der Waals surface area contributed by atoms with Gasteiger partial charge in [-0.1, -0.05) is 0 Å². The van der Waals surface area contributed by atoms with E-state index in [9.17, 15) is 13.2 Å². The van der Waals surface area contributed by atoms with Crippen LogP contribution in [0.1, 0.15) is 38.2 Å². The van der Waals surface area contributed by atoms with Crippen LogP contribution >= 0.6 is 0 Å². The van der Waals surface area contributed by atoms with Crippen LogP contribution in [0.5, 0.6) is 0 Å². The Hall–Kier alpha value is -1.83. The van der Waals surface area contributed by atoms with Gasteiger partial charge in [0.1, 0.15) is 12.1 Å². The maximum absolute atomic E-state index is 13.0. The summed E-state index contributed by atoms with van der Waals surface area (Å²) in [5.74, 6) is 0.318. The molecule has 3 rings (SSSR count). The van der Waals surface area contributed by atoms with E-state index >= 15 is 0 Å². The first-order valence-corrected chi connectivity index (χ1v) is 7.53. The van der Waals surface area contributed by atoms with Crippen LogP contribution < -0.4 is 5.32 Å². The molecule has 0 unspecified atom stereocenters. The summed E-state index contributed by atoms with van der Waals surface area (Å²) in [6.45, 7) is 2.06. The molecular weight excluding hydrogens is 309 g/mol. The Kier molecular flexibility index (Phi) is 3.95. The zero-order valence-corrected chi connectivity index (χ0v) is 13.0. The summed E-state index contributed by atoms with van der Waals surface area (Å²) in [7, 11) is 1.69. The number of nitrogens with one attached hydrogen (secondary N) is 1. The van der Waals surface area contributed by atoms with Crippen molar-refractivity contribution in [2.75, 3.05) is 12.4 Å². The Labute approximate surface area is 131 Å². The summed E-state index contributed by atoms with van der Waals surface area (Å²) in [4.78, 5) is 3.87. The molecule has 1 aliphatic rings. The molecule has 0 saturated heterocycles. The standard InChI is InChI=1S/C15H19F3N4O/c1-14(23-2)5-3-11(4-6-14)21-13-8-10(15(16,17)18)7-12-19-9-20-22(12)13/h7-9,11,21H,3-6H2,1-2H3. The molecule has 0 radical (unpaired) electrons. The van der Waals surface area contributed by atoms with Crippen molar-refractivity contribution in [1.82, 2.24) is 14.6 Å². The van der Waals surface area contributed by atoms with Crippen LogP contribution in [0.4, 0.5) is 19.0 Å². The van der Waals surface area contributed by atoms with Crippen LogP contribution in [0.2, 0.25) is 0 Å². The number of methoxy groups -OCH3 is 1.